The summed E-state index contributed by atoms with van der Waals surface area (Å²) in [7, 11) is 0. The van der Waals surface area contributed by atoms with Crippen LogP contribution in [0.15, 0.2) is 30.5 Å². The first kappa shape index (κ1) is 13.8. The first-order chi connectivity index (χ1) is 8.91. The summed E-state index contributed by atoms with van der Waals surface area (Å²) in [6, 6.07) is 5.04. The molecule has 0 aliphatic carbocycles. The van der Waals surface area contributed by atoms with Crippen LogP contribution in [0.25, 0.3) is 0 Å². The average Bonchev–Trinajstić information content (AvgIpc) is 2.70. The summed E-state index contributed by atoms with van der Waals surface area (Å²) in [4.78, 5) is 2.75. The van der Waals surface area contributed by atoms with E-state index >= 15 is 0 Å². The number of hydrogen-bond acceptors (Lipinski definition) is 2. The second kappa shape index (κ2) is 5.18. The molecule has 0 radical (unpaired) electrons. The van der Waals surface area contributed by atoms with Crippen molar-refractivity contribution < 1.29 is 18.3 Å². The van der Waals surface area contributed by atoms with Gasteiger partial charge in [-0.25, -0.2) is 0 Å². The Labute approximate surface area is 112 Å². The maximum absolute atomic E-state index is 12.6. The Bertz CT molecular complexity index is 630. The Morgan fingerprint density at radius 3 is 2.68 bits per heavy atom. The Kier molecular flexibility index (Phi) is 3.77. The highest BCUT2D eigenvalue weighted by molar-refractivity contribution is 7.71. The molecular formula is C12H11F3N2OS. The van der Waals surface area contributed by atoms with E-state index in [9.17, 15) is 13.2 Å². The molecule has 1 aromatic carbocycles. The fraction of sp³-hybridized carbons (Fsp3) is 0.250. The number of aliphatic hydroxyl groups excluding tert-OH is 1. The van der Waals surface area contributed by atoms with Crippen molar-refractivity contribution in [2.24, 2.45) is 0 Å². The highest BCUT2D eigenvalue weighted by atomic mass is 32.1. The van der Waals surface area contributed by atoms with Crippen LogP contribution in [0.4, 0.5) is 13.2 Å². The van der Waals surface area contributed by atoms with E-state index in [1.165, 1.54) is 12.3 Å². The molecule has 1 heterocycles. The third-order valence-electron chi connectivity index (χ3n) is 2.71. The maximum Gasteiger partial charge on any atom is 0.416 e. The van der Waals surface area contributed by atoms with Gasteiger partial charge in [0.15, 0.2) is 4.77 Å². The normalized spacial score (nSPS) is 11.8. The predicted molar refractivity (Wildman–Crippen MR) is 66.1 cm³/mol. The fourth-order valence-electron chi connectivity index (χ4n) is 1.76. The fourth-order valence-corrected chi connectivity index (χ4v) is 2.00. The molecule has 0 unspecified atom stereocenters. The minimum Gasteiger partial charge on any atom is -0.390 e. The first-order valence-electron chi connectivity index (χ1n) is 5.46. The number of hydrogen-bond donors (Lipinski definition) is 2. The predicted octanol–water partition coefficient (Wildman–Crippen LogP) is 3.11. The van der Waals surface area contributed by atoms with E-state index in [4.69, 9.17) is 17.3 Å². The van der Waals surface area contributed by atoms with Crippen LogP contribution in [-0.2, 0) is 19.3 Å². The molecule has 0 atom stereocenters. The number of rotatable bonds is 3. The van der Waals surface area contributed by atoms with Gasteiger partial charge < -0.3 is 14.7 Å². The van der Waals surface area contributed by atoms with Gasteiger partial charge in [0.1, 0.15) is 0 Å². The van der Waals surface area contributed by atoms with Crippen molar-refractivity contribution in [2.45, 2.75) is 19.3 Å². The van der Waals surface area contributed by atoms with E-state index in [0.29, 0.717) is 16.0 Å². The Morgan fingerprint density at radius 2 is 2.05 bits per heavy atom. The van der Waals surface area contributed by atoms with Gasteiger partial charge in [-0.2, -0.15) is 13.2 Å². The quantitative estimate of drug-likeness (QED) is 0.852. The van der Waals surface area contributed by atoms with Crippen molar-refractivity contribution in [1.29, 1.82) is 0 Å². The third-order valence-corrected chi connectivity index (χ3v) is 3.05. The Balaban J connectivity index is 2.34. The van der Waals surface area contributed by atoms with Crippen LogP contribution in [-0.4, -0.2) is 14.7 Å². The number of alkyl halides is 3. The van der Waals surface area contributed by atoms with Crippen molar-refractivity contribution in [1.82, 2.24) is 9.55 Å². The summed E-state index contributed by atoms with van der Waals surface area (Å²) < 4.78 is 39.7. The number of benzene rings is 1. The number of nitrogens with zero attached hydrogens (tertiary/aromatic N) is 1. The highest BCUT2D eigenvalue weighted by Crippen LogP contribution is 2.29. The van der Waals surface area contributed by atoms with E-state index < -0.39 is 11.7 Å². The molecule has 0 bridgehead atoms. The van der Waals surface area contributed by atoms with Gasteiger partial charge in [0.2, 0.25) is 0 Å². The largest absolute Gasteiger partial charge is 0.416 e. The minimum atomic E-state index is -4.37. The molecule has 0 saturated carbocycles. The lowest BCUT2D eigenvalue weighted by Gasteiger charge is -2.10. The van der Waals surface area contributed by atoms with E-state index in [1.54, 1.807) is 10.6 Å². The van der Waals surface area contributed by atoms with Crippen LogP contribution in [0.2, 0.25) is 0 Å². The average molecular weight is 288 g/mol. The number of halogens is 3. The monoisotopic (exact) mass is 288 g/mol. The van der Waals surface area contributed by atoms with Gasteiger partial charge in [0.05, 0.1) is 24.4 Å². The highest BCUT2D eigenvalue weighted by Gasteiger charge is 2.30. The summed E-state index contributed by atoms with van der Waals surface area (Å²) >= 11 is 5.02. The third kappa shape index (κ3) is 3.05. The SMILES string of the molecule is OCc1c[nH]c(=S)n1Cc1cccc(C(F)(F)F)c1. The molecule has 0 fully saturated rings. The molecule has 102 valence electrons. The number of aliphatic hydroxyl groups is 1. The summed E-state index contributed by atoms with van der Waals surface area (Å²) in [6.07, 6.45) is -2.83. The van der Waals surface area contributed by atoms with Gasteiger partial charge in [-0.1, -0.05) is 12.1 Å². The van der Waals surface area contributed by atoms with Gasteiger partial charge in [0, 0.05) is 6.20 Å². The molecule has 0 aliphatic heterocycles. The van der Waals surface area contributed by atoms with Crippen LogP contribution in [0.1, 0.15) is 16.8 Å². The molecule has 19 heavy (non-hydrogen) atoms. The molecule has 0 amide bonds. The van der Waals surface area contributed by atoms with E-state index in [0.717, 1.165) is 12.1 Å². The minimum absolute atomic E-state index is 0.183. The Morgan fingerprint density at radius 1 is 1.32 bits per heavy atom. The van der Waals surface area contributed by atoms with Gasteiger partial charge in [-0.15, -0.1) is 0 Å². The molecule has 7 heteroatoms. The summed E-state index contributed by atoms with van der Waals surface area (Å²) in [5.74, 6) is 0. The molecule has 2 rings (SSSR count). The van der Waals surface area contributed by atoms with Gasteiger partial charge in [0.25, 0.3) is 0 Å². The summed E-state index contributed by atoms with van der Waals surface area (Å²) in [5, 5.41) is 9.13. The summed E-state index contributed by atoms with van der Waals surface area (Å²) in [6.45, 7) is -0.0474. The van der Waals surface area contributed by atoms with Crippen molar-refractivity contribution in [3.05, 3.63) is 52.1 Å². The van der Waals surface area contributed by atoms with E-state index in [1.807, 2.05) is 0 Å². The number of aromatic nitrogens is 2. The van der Waals surface area contributed by atoms with Gasteiger partial charge in [-0.05, 0) is 29.9 Å². The molecule has 0 spiro atoms. The topological polar surface area (TPSA) is 40.9 Å². The maximum atomic E-state index is 12.6. The van der Waals surface area contributed by atoms with Crippen LogP contribution < -0.4 is 0 Å². The van der Waals surface area contributed by atoms with Crippen molar-refractivity contribution >= 4 is 12.2 Å². The zero-order valence-electron chi connectivity index (χ0n) is 9.74. The van der Waals surface area contributed by atoms with Gasteiger partial charge in [-0.3, -0.25) is 0 Å². The van der Waals surface area contributed by atoms with Crippen molar-refractivity contribution in [3.63, 3.8) is 0 Å². The van der Waals surface area contributed by atoms with Crippen LogP contribution in [0.3, 0.4) is 0 Å². The zero-order valence-corrected chi connectivity index (χ0v) is 10.6. The number of H-pyrrole nitrogens is 1. The molecule has 2 aromatic rings. The second-order valence-corrected chi connectivity index (χ2v) is 4.41. The molecule has 2 N–H and O–H groups in total. The van der Waals surface area contributed by atoms with E-state index in [2.05, 4.69) is 4.98 Å². The molecule has 0 saturated heterocycles. The number of imidazole rings is 1. The number of nitrogens with one attached hydrogen (secondary N) is 1. The first-order valence-corrected chi connectivity index (χ1v) is 5.86. The lowest BCUT2D eigenvalue weighted by molar-refractivity contribution is -0.137. The van der Waals surface area contributed by atoms with Crippen LogP contribution in [0.5, 0.6) is 0 Å². The Hall–Kier alpha value is -1.60. The molecule has 0 aliphatic rings. The lowest BCUT2D eigenvalue weighted by atomic mass is 10.1. The molecule has 1 aromatic heterocycles. The van der Waals surface area contributed by atoms with Gasteiger partial charge >= 0.3 is 6.18 Å². The number of aromatic amines is 1. The standard InChI is InChI=1S/C12H11F3N2OS/c13-12(14,15)9-3-1-2-8(4-9)6-17-10(7-18)5-16-11(17)19/h1-5,18H,6-7H2,(H,16,19). The van der Waals surface area contributed by atoms with E-state index in [-0.39, 0.29) is 13.2 Å². The molecule has 3 nitrogen and oxygen atoms in total. The second-order valence-electron chi connectivity index (χ2n) is 4.03. The zero-order chi connectivity index (χ0) is 14.0. The smallest absolute Gasteiger partial charge is 0.390 e. The summed E-state index contributed by atoms with van der Waals surface area (Å²) in [5.41, 5.74) is 0.306. The molecular weight excluding hydrogens is 277 g/mol. The van der Waals surface area contributed by atoms with Crippen molar-refractivity contribution in [2.75, 3.05) is 0 Å². The van der Waals surface area contributed by atoms with Crippen molar-refractivity contribution in [3.8, 4) is 0 Å². The van der Waals surface area contributed by atoms with Crippen LogP contribution in [0, 0.1) is 4.77 Å². The van der Waals surface area contributed by atoms with Crippen LogP contribution >= 0.6 is 12.2 Å². The lowest BCUT2D eigenvalue weighted by Crippen LogP contribution is -2.08.